The van der Waals surface area contributed by atoms with E-state index in [0.717, 1.165) is 24.5 Å². The van der Waals surface area contributed by atoms with Crippen LogP contribution in [0.3, 0.4) is 0 Å². The van der Waals surface area contributed by atoms with Crippen LogP contribution in [0.4, 0.5) is 0 Å². The SMILES string of the molecule is COC(=O)C(N)(CSC1CCCC(C)C1)C1CC1. The van der Waals surface area contributed by atoms with Crippen molar-refractivity contribution in [3.8, 4) is 0 Å². The van der Waals surface area contributed by atoms with Crippen LogP contribution in [0.5, 0.6) is 0 Å². The highest BCUT2D eigenvalue weighted by molar-refractivity contribution is 8.00. The highest BCUT2D eigenvalue weighted by Crippen LogP contribution is 2.42. The van der Waals surface area contributed by atoms with Crippen molar-refractivity contribution in [2.24, 2.45) is 17.6 Å². The number of methoxy groups -OCH3 is 1. The van der Waals surface area contributed by atoms with Crippen molar-refractivity contribution in [2.45, 2.75) is 56.2 Å². The zero-order valence-corrected chi connectivity index (χ0v) is 12.3. The number of esters is 1. The number of rotatable bonds is 5. The van der Waals surface area contributed by atoms with Gasteiger partial charge in [0.05, 0.1) is 7.11 Å². The predicted molar refractivity (Wildman–Crippen MR) is 75.5 cm³/mol. The van der Waals surface area contributed by atoms with Crippen LogP contribution < -0.4 is 5.73 Å². The third kappa shape index (κ3) is 3.21. The molecule has 3 atom stereocenters. The molecule has 2 N–H and O–H groups in total. The Morgan fingerprint density at radius 3 is 2.67 bits per heavy atom. The maximum Gasteiger partial charge on any atom is 0.326 e. The van der Waals surface area contributed by atoms with Gasteiger partial charge < -0.3 is 10.5 Å². The molecule has 0 amide bonds. The summed E-state index contributed by atoms with van der Waals surface area (Å²) in [5, 5.41) is 0.681. The average molecular weight is 271 g/mol. The van der Waals surface area contributed by atoms with E-state index in [0.29, 0.717) is 11.2 Å². The molecule has 0 bridgehead atoms. The number of carbonyl (C=O) groups excluding carboxylic acids is 1. The van der Waals surface area contributed by atoms with Gasteiger partial charge in [0.25, 0.3) is 0 Å². The number of hydrogen-bond donors (Lipinski definition) is 1. The van der Waals surface area contributed by atoms with E-state index in [1.807, 2.05) is 11.8 Å². The molecule has 0 aliphatic heterocycles. The average Bonchev–Trinajstić information content (AvgIpc) is 3.19. The lowest BCUT2D eigenvalue weighted by Gasteiger charge is -2.31. The first-order valence-corrected chi connectivity index (χ1v) is 8.10. The lowest BCUT2D eigenvalue weighted by molar-refractivity contribution is -0.146. The first kappa shape index (κ1) is 14.2. The molecular weight excluding hydrogens is 246 g/mol. The Bertz CT molecular complexity index is 306. The van der Waals surface area contributed by atoms with E-state index >= 15 is 0 Å². The minimum atomic E-state index is -0.736. The van der Waals surface area contributed by atoms with Crippen molar-refractivity contribution in [3.63, 3.8) is 0 Å². The topological polar surface area (TPSA) is 52.3 Å². The van der Waals surface area contributed by atoms with Gasteiger partial charge in [0.1, 0.15) is 5.54 Å². The fourth-order valence-electron chi connectivity index (χ4n) is 2.92. The summed E-state index contributed by atoms with van der Waals surface area (Å²) in [7, 11) is 1.44. The maximum absolute atomic E-state index is 11.9. The molecule has 18 heavy (non-hydrogen) atoms. The monoisotopic (exact) mass is 271 g/mol. The molecule has 2 aliphatic carbocycles. The largest absolute Gasteiger partial charge is 0.468 e. The third-order valence-electron chi connectivity index (χ3n) is 4.32. The van der Waals surface area contributed by atoms with Gasteiger partial charge in [0.2, 0.25) is 0 Å². The molecule has 2 fully saturated rings. The molecule has 2 saturated carbocycles. The normalized spacial score (nSPS) is 31.7. The lowest BCUT2D eigenvalue weighted by Crippen LogP contribution is -2.53. The van der Waals surface area contributed by atoms with Crippen LogP contribution in [0.25, 0.3) is 0 Å². The molecule has 2 rings (SSSR count). The first-order chi connectivity index (χ1) is 8.56. The van der Waals surface area contributed by atoms with Gasteiger partial charge >= 0.3 is 5.97 Å². The Labute approximate surface area is 114 Å². The van der Waals surface area contributed by atoms with Crippen molar-refractivity contribution in [1.82, 2.24) is 0 Å². The Morgan fingerprint density at radius 1 is 1.39 bits per heavy atom. The zero-order valence-electron chi connectivity index (χ0n) is 11.5. The van der Waals surface area contributed by atoms with E-state index in [-0.39, 0.29) is 5.97 Å². The highest BCUT2D eigenvalue weighted by atomic mass is 32.2. The number of carbonyl (C=O) groups is 1. The van der Waals surface area contributed by atoms with Gasteiger partial charge in [-0.25, -0.2) is 0 Å². The van der Waals surface area contributed by atoms with Crippen molar-refractivity contribution < 1.29 is 9.53 Å². The summed E-state index contributed by atoms with van der Waals surface area (Å²) in [5.74, 6) is 1.67. The van der Waals surface area contributed by atoms with Crippen LogP contribution in [0, 0.1) is 11.8 Å². The van der Waals surface area contributed by atoms with Gasteiger partial charge in [-0.3, -0.25) is 4.79 Å². The van der Waals surface area contributed by atoms with Crippen molar-refractivity contribution in [1.29, 1.82) is 0 Å². The van der Waals surface area contributed by atoms with E-state index in [1.165, 1.54) is 32.8 Å². The van der Waals surface area contributed by atoms with Crippen LogP contribution in [0.2, 0.25) is 0 Å². The van der Waals surface area contributed by atoms with Gasteiger partial charge in [-0.05, 0) is 37.5 Å². The molecular formula is C14H25NO2S. The minimum absolute atomic E-state index is 0.221. The smallest absolute Gasteiger partial charge is 0.326 e. The number of hydrogen-bond acceptors (Lipinski definition) is 4. The summed E-state index contributed by atoms with van der Waals surface area (Å²) >= 11 is 1.89. The first-order valence-electron chi connectivity index (χ1n) is 7.05. The number of ether oxygens (including phenoxy) is 1. The Morgan fingerprint density at radius 2 is 2.11 bits per heavy atom. The summed E-state index contributed by atoms with van der Waals surface area (Å²) in [6.07, 6.45) is 7.37. The van der Waals surface area contributed by atoms with E-state index in [1.54, 1.807) is 0 Å². The fourth-order valence-corrected chi connectivity index (χ4v) is 4.58. The Kier molecular flexibility index (Phi) is 4.59. The molecule has 0 aromatic rings. The van der Waals surface area contributed by atoms with Crippen molar-refractivity contribution >= 4 is 17.7 Å². The van der Waals surface area contributed by atoms with Crippen LogP contribution in [0.1, 0.15) is 45.4 Å². The molecule has 0 aromatic carbocycles. The van der Waals surface area contributed by atoms with Gasteiger partial charge in [-0.15, -0.1) is 0 Å². The lowest BCUT2D eigenvalue weighted by atomic mass is 9.90. The van der Waals surface area contributed by atoms with E-state index in [9.17, 15) is 4.79 Å². The summed E-state index contributed by atoms with van der Waals surface area (Å²) < 4.78 is 4.90. The molecule has 0 saturated heterocycles. The van der Waals surface area contributed by atoms with Gasteiger partial charge in [-0.2, -0.15) is 11.8 Å². The number of nitrogens with two attached hydrogens (primary N) is 1. The van der Waals surface area contributed by atoms with E-state index < -0.39 is 5.54 Å². The fraction of sp³-hybridized carbons (Fsp3) is 0.929. The van der Waals surface area contributed by atoms with Gasteiger partial charge in [0.15, 0.2) is 0 Å². The maximum atomic E-state index is 11.9. The van der Waals surface area contributed by atoms with Crippen LogP contribution in [-0.4, -0.2) is 29.6 Å². The van der Waals surface area contributed by atoms with Gasteiger partial charge in [0, 0.05) is 11.0 Å². The second-order valence-corrected chi connectivity index (χ2v) is 7.30. The highest BCUT2D eigenvalue weighted by Gasteiger charge is 2.49. The second-order valence-electron chi connectivity index (χ2n) is 6.01. The second kappa shape index (κ2) is 5.83. The minimum Gasteiger partial charge on any atom is -0.468 e. The zero-order chi connectivity index (χ0) is 13.2. The molecule has 0 aromatic heterocycles. The Balaban J connectivity index is 1.87. The number of thioether (sulfide) groups is 1. The van der Waals surface area contributed by atoms with E-state index in [4.69, 9.17) is 10.5 Å². The van der Waals surface area contributed by atoms with Gasteiger partial charge in [-0.1, -0.05) is 19.8 Å². The molecule has 104 valence electrons. The standard InChI is InChI=1S/C14H25NO2S/c1-10-4-3-5-12(8-10)18-9-14(15,11-6-7-11)13(16)17-2/h10-12H,3-9,15H2,1-2H3. The van der Waals surface area contributed by atoms with Crippen molar-refractivity contribution in [2.75, 3.05) is 12.9 Å². The molecule has 0 spiro atoms. The summed E-state index contributed by atoms with van der Waals surface area (Å²) in [4.78, 5) is 11.9. The van der Waals surface area contributed by atoms with Crippen LogP contribution in [0.15, 0.2) is 0 Å². The van der Waals surface area contributed by atoms with E-state index in [2.05, 4.69) is 6.92 Å². The third-order valence-corrected chi connectivity index (χ3v) is 5.86. The van der Waals surface area contributed by atoms with Crippen molar-refractivity contribution in [3.05, 3.63) is 0 Å². The quantitative estimate of drug-likeness (QED) is 0.781. The van der Waals surface area contributed by atoms with Crippen LogP contribution >= 0.6 is 11.8 Å². The summed E-state index contributed by atoms with van der Waals surface area (Å²) in [5.41, 5.74) is 5.58. The summed E-state index contributed by atoms with van der Waals surface area (Å²) in [6, 6.07) is 0. The molecule has 2 aliphatic rings. The molecule has 0 radical (unpaired) electrons. The summed E-state index contributed by atoms with van der Waals surface area (Å²) in [6.45, 7) is 2.32. The van der Waals surface area contributed by atoms with Crippen LogP contribution in [-0.2, 0) is 9.53 Å². The molecule has 3 unspecified atom stereocenters. The molecule has 0 heterocycles. The molecule has 3 nitrogen and oxygen atoms in total. The Hall–Kier alpha value is -0.220. The molecule has 4 heteroatoms. The predicted octanol–water partition coefficient (Wildman–Crippen LogP) is 2.58.